The topological polar surface area (TPSA) is 67.7 Å². The van der Waals surface area contributed by atoms with Gasteiger partial charge in [0, 0.05) is 32.7 Å². The quantitative estimate of drug-likeness (QED) is 0.627. The van der Waals surface area contributed by atoms with E-state index >= 15 is 0 Å². The molecular formula is C23H26N4O3. The molecular weight excluding hydrogens is 380 g/mol. The van der Waals surface area contributed by atoms with Crippen molar-refractivity contribution >= 4 is 16.8 Å². The van der Waals surface area contributed by atoms with Crippen molar-refractivity contribution in [3.63, 3.8) is 0 Å². The molecule has 156 valence electrons. The Labute approximate surface area is 175 Å². The molecule has 0 spiro atoms. The molecule has 1 aliphatic heterocycles. The van der Waals surface area contributed by atoms with E-state index in [0.29, 0.717) is 30.6 Å². The van der Waals surface area contributed by atoms with Gasteiger partial charge < -0.3 is 9.64 Å². The second-order valence-electron chi connectivity index (χ2n) is 7.43. The van der Waals surface area contributed by atoms with E-state index in [2.05, 4.69) is 22.0 Å². The van der Waals surface area contributed by atoms with Crippen LogP contribution in [0.15, 0.2) is 59.7 Å². The number of amides is 1. The second-order valence-corrected chi connectivity index (χ2v) is 7.43. The minimum Gasteiger partial charge on any atom is -0.494 e. The normalized spacial score (nSPS) is 14.8. The Bertz CT molecular complexity index is 1070. The molecule has 1 saturated heterocycles. The van der Waals surface area contributed by atoms with Gasteiger partial charge in [0.05, 0.1) is 23.8 Å². The molecule has 0 saturated carbocycles. The summed E-state index contributed by atoms with van der Waals surface area (Å²) >= 11 is 0. The fourth-order valence-electron chi connectivity index (χ4n) is 3.74. The molecule has 2 heterocycles. The Morgan fingerprint density at radius 1 is 1.03 bits per heavy atom. The summed E-state index contributed by atoms with van der Waals surface area (Å²) in [5.74, 6) is 0.838. The maximum Gasteiger partial charge on any atom is 0.261 e. The molecule has 0 atom stereocenters. The van der Waals surface area contributed by atoms with E-state index in [1.54, 1.807) is 18.2 Å². The smallest absolute Gasteiger partial charge is 0.261 e. The van der Waals surface area contributed by atoms with Crippen molar-refractivity contribution in [3.8, 4) is 5.75 Å². The third kappa shape index (κ3) is 4.52. The fraction of sp³-hybridized carbons (Fsp3) is 0.348. The van der Waals surface area contributed by atoms with Crippen LogP contribution in [0.25, 0.3) is 10.9 Å². The molecule has 0 radical (unpaired) electrons. The van der Waals surface area contributed by atoms with E-state index in [-0.39, 0.29) is 18.0 Å². The van der Waals surface area contributed by atoms with Gasteiger partial charge in [-0.25, -0.2) is 4.98 Å². The Morgan fingerprint density at radius 2 is 1.77 bits per heavy atom. The molecule has 7 nitrogen and oxygen atoms in total. The summed E-state index contributed by atoms with van der Waals surface area (Å²) in [6.45, 7) is 6.45. The van der Waals surface area contributed by atoms with Crippen LogP contribution < -0.4 is 10.3 Å². The number of carbonyl (C=O) groups excluding carboxylic acids is 1. The van der Waals surface area contributed by atoms with Crippen molar-refractivity contribution in [3.05, 3.63) is 70.8 Å². The van der Waals surface area contributed by atoms with E-state index in [4.69, 9.17) is 4.74 Å². The van der Waals surface area contributed by atoms with Crippen molar-refractivity contribution in [1.29, 1.82) is 0 Å². The highest BCUT2D eigenvalue weighted by Crippen LogP contribution is 2.15. The van der Waals surface area contributed by atoms with E-state index in [9.17, 15) is 9.59 Å². The van der Waals surface area contributed by atoms with Crippen LogP contribution in [-0.2, 0) is 17.9 Å². The van der Waals surface area contributed by atoms with Gasteiger partial charge in [0.25, 0.3) is 5.56 Å². The van der Waals surface area contributed by atoms with Gasteiger partial charge in [-0.2, -0.15) is 0 Å². The Balaban J connectivity index is 1.32. The average molecular weight is 406 g/mol. The van der Waals surface area contributed by atoms with Gasteiger partial charge in [0.1, 0.15) is 12.3 Å². The number of aromatic nitrogens is 2. The van der Waals surface area contributed by atoms with Crippen molar-refractivity contribution in [2.75, 3.05) is 32.8 Å². The number of carbonyl (C=O) groups is 1. The molecule has 7 heteroatoms. The van der Waals surface area contributed by atoms with Gasteiger partial charge >= 0.3 is 0 Å². The average Bonchev–Trinajstić information content (AvgIpc) is 2.78. The van der Waals surface area contributed by atoms with Gasteiger partial charge in [-0.05, 0) is 36.8 Å². The van der Waals surface area contributed by atoms with Crippen LogP contribution in [0.3, 0.4) is 0 Å². The number of piperazine rings is 1. The molecule has 0 aliphatic carbocycles. The zero-order valence-corrected chi connectivity index (χ0v) is 17.2. The van der Waals surface area contributed by atoms with Crippen LogP contribution >= 0.6 is 0 Å². The highest BCUT2D eigenvalue weighted by atomic mass is 16.5. The van der Waals surface area contributed by atoms with E-state index in [1.807, 2.05) is 30.0 Å². The van der Waals surface area contributed by atoms with Crippen LogP contribution in [0.1, 0.15) is 12.5 Å². The molecule has 1 amide bonds. The van der Waals surface area contributed by atoms with Crippen LogP contribution in [0.4, 0.5) is 0 Å². The Kier molecular flexibility index (Phi) is 6.09. The van der Waals surface area contributed by atoms with Gasteiger partial charge in [-0.15, -0.1) is 0 Å². The first-order valence-electron chi connectivity index (χ1n) is 10.3. The Morgan fingerprint density at radius 3 is 2.50 bits per heavy atom. The molecule has 1 fully saturated rings. The predicted molar refractivity (Wildman–Crippen MR) is 115 cm³/mol. The third-order valence-electron chi connectivity index (χ3n) is 5.40. The molecule has 0 unspecified atom stereocenters. The number of para-hydroxylation sites is 1. The second kappa shape index (κ2) is 9.09. The van der Waals surface area contributed by atoms with Gasteiger partial charge in [-0.1, -0.05) is 24.3 Å². The fourth-order valence-corrected chi connectivity index (χ4v) is 3.74. The lowest BCUT2D eigenvalue weighted by atomic mass is 10.2. The lowest BCUT2D eigenvalue weighted by Gasteiger charge is -2.34. The van der Waals surface area contributed by atoms with Crippen molar-refractivity contribution in [2.24, 2.45) is 0 Å². The summed E-state index contributed by atoms with van der Waals surface area (Å²) in [5, 5.41) is 0.535. The minimum absolute atomic E-state index is 0.0234. The molecule has 1 aliphatic rings. The summed E-state index contributed by atoms with van der Waals surface area (Å²) < 4.78 is 6.89. The first-order chi connectivity index (χ1) is 14.6. The zero-order chi connectivity index (χ0) is 20.9. The van der Waals surface area contributed by atoms with Crippen molar-refractivity contribution in [2.45, 2.75) is 20.0 Å². The maximum atomic E-state index is 12.7. The number of rotatable bonds is 6. The maximum absolute atomic E-state index is 12.7. The van der Waals surface area contributed by atoms with Crippen molar-refractivity contribution < 1.29 is 9.53 Å². The predicted octanol–water partition coefficient (Wildman–Crippen LogP) is 2.14. The number of fused-ring (bicyclic) bond motifs is 1. The summed E-state index contributed by atoms with van der Waals surface area (Å²) in [6.07, 6.45) is 1.46. The standard InChI is InChI=1S/C23H26N4O3/c1-2-30-19-9-7-18(8-10-19)15-25-11-13-26(14-12-25)22(28)16-27-17-24-21-6-4-3-5-20(21)23(27)29/h3-10,17H,2,11-16H2,1H3. The first kappa shape index (κ1) is 20.1. The molecule has 3 aromatic rings. The monoisotopic (exact) mass is 406 g/mol. The molecule has 0 bridgehead atoms. The number of ether oxygens (including phenoxy) is 1. The summed E-state index contributed by atoms with van der Waals surface area (Å²) in [4.78, 5) is 33.8. The minimum atomic E-state index is -0.178. The highest BCUT2D eigenvalue weighted by molar-refractivity contribution is 5.79. The van der Waals surface area contributed by atoms with Crippen LogP contribution in [0.5, 0.6) is 5.75 Å². The van der Waals surface area contributed by atoms with E-state index < -0.39 is 0 Å². The van der Waals surface area contributed by atoms with E-state index in [1.165, 1.54) is 16.5 Å². The summed E-state index contributed by atoms with van der Waals surface area (Å²) in [7, 11) is 0. The molecule has 30 heavy (non-hydrogen) atoms. The number of hydrogen-bond acceptors (Lipinski definition) is 5. The zero-order valence-electron chi connectivity index (χ0n) is 17.2. The molecule has 1 aromatic heterocycles. The largest absolute Gasteiger partial charge is 0.494 e. The number of benzene rings is 2. The molecule has 2 aromatic carbocycles. The van der Waals surface area contributed by atoms with Crippen molar-refractivity contribution in [1.82, 2.24) is 19.4 Å². The Hall–Kier alpha value is -3.19. The third-order valence-corrected chi connectivity index (χ3v) is 5.40. The summed E-state index contributed by atoms with van der Waals surface area (Å²) in [5.41, 5.74) is 1.70. The SMILES string of the molecule is CCOc1ccc(CN2CCN(C(=O)Cn3cnc4ccccc4c3=O)CC2)cc1. The van der Waals surface area contributed by atoms with Crippen LogP contribution in [0, 0.1) is 0 Å². The molecule has 0 N–H and O–H groups in total. The van der Waals surface area contributed by atoms with Gasteiger partial charge in [0.2, 0.25) is 5.91 Å². The lowest BCUT2D eigenvalue weighted by molar-refractivity contribution is -0.133. The lowest BCUT2D eigenvalue weighted by Crippen LogP contribution is -2.49. The number of hydrogen-bond donors (Lipinski definition) is 0. The first-order valence-corrected chi connectivity index (χ1v) is 10.3. The van der Waals surface area contributed by atoms with Gasteiger partial charge in [-0.3, -0.25) is 19.1 Å². The van der Waals surface area contributed by atoms with Gasteiger partial charge in [0.15, 0.2) is 0 Å². The summed E-state index contributed by atoms with van der Waals surface area (Å²) in [6, 6.07) is 15.3. The number of nitrogens with zero attached hydrogens (tertiary/aromatic N) is 4. The van der Waals surface area contributed by atoms with Crippen LogP contribution in [0.2, 0.25) is 0 Å². The highest BCUT2D eigenvalue weighted by Gasteiger charge is 2.21. The van der Waals surface area contributed by atoms with Crippen LogP contribution in [-0.4, -0.2) is 58.0 Å². The van der Waals surface area contributed by atoms with E-state index in [0.717, 1.165) is 25.4 Å². The molecule has 4 rings (SSSR count).